The minimum atomic E-state index is -1.05. The number of rotatable bonds is 8. The summed E-state index contributed by atoms with van der Waals surface area (Å²) in [5.41, 5.74) is 1.38. The number of aldehydes is 1. The van der Waals surface area contributed by atoms with Crippen LogP contribution < -0.4 is 15.1 Å². The van der Waals surface area contributed by atoms with E-state index >= 15 is 0 Å². The Kier molecular flexibility index (Phi) is 6.76. The molecule has 0 saturated carbocycles. The molecule has 11 nitrogen and oxygen atoms in total. The fraction of sp³-hybridized carbons (Fsp3) is 0.333. The molecule has 0 radical (unpaired) electrons. The van der Waals surface area contributed by atoms with E-state index in [-0.39, 0.29) is 29.5 Å². The molecule has 0 spiro atoms. The maximum absolute atomic E-state index is 13.1. The number of aromatic carboxylic acids is 1. The third-order valence-electron chi connectivity index (χ3n) is 6.28. The first kappa shape index (κ1) is 23.9. The number of nitrogens with zero attached hydrogens (tertiary/aromatic N) is 4. The molecule has 1 saturated heterocycles. The van der Waals surface area contributed by atoms with Gasteiger partial charge in [-0.2, -0.15) is 0 Å². The molecule has 2 aliphatic heterocycles. The van der Waals surface area contributed by atoms with E-state index in [1.165, 1.54) is 19.3 Å². The third-order valence-corrected chi connectivity index (χ3v) is 6.28. The van der Waals surface area contributed by atoms with Crippen LogP contribution in [-0.4, -0.2) is 84.2 Å². The molecule has 1 atom stereocenters. The van der Waals surface area contributed by atoms with E-state index in [1.807, 2.05) is 4.90 Å². The molecular weight excluding hydrogens is 454 g/mol. The molecule has 2 aromatic rings. The molecule has 35 heavy (non-hydrogen) atoms. The molecule has 1 aromatic heterocycles. The van der Waals surface area contributed by atoms with E-state index in [1.54, 1.807) is 24.3 Å². The van der Waals surface area contributed by atoms with Gasteiger partial charge in [0.15, 0.2) is 0 Å². The van der Waals surface area contributed by atoms with Gasteiger partial charge >= 0.3 is 5.97 Å². The second-order valence-electron chi connectivity index (χ2n) is 8.27. The smallest absolute Gasteiger partial charge is 0.337 e. The second-order valence-corrected chi connectivity index (χ2v) is 8.27. The number of carboxylic acid groups (broad SMARTS) is 1. The maximum atomic E-state index is 13.1. The summed E-state index contributed by atoms with van der Waals surface area (Å²) in [6.45, 7) is 2.54. The minimum absolute atomic E-state index is 0.0505. The van der Waals surface area contributed by atoms with Crippen molar-refractivity contribution < 1.29 is 29.1 Å². The molecule has 3 heterocycles. The summed E-state index contributed by atoms with van der Waals surface area (Å²) < 4.78 is 0. The van der Waals surface area contributed by atoms with Crippen molar-refractivity contribution in [2.45, 2.75) is 18.9 Å². The molecular formula is C24H25N5O6. The molecule has 1 aromatic carbocycles. The molecule has 182 valence electrons. The monoisotopic (exact) mass is 479 g/mol. The highest BCUT2D eigenvalue weighted by Gasteiger charge is 2.42. The molecule has 4 rings (SSSR count). The van der Waals surface area contributed by atoms with Gasteiger partial charge in [0.1, 0.15) is 18.1 Å². The number of imide groups is 1. The lowest BCUT2D eigenvalue weighted by molar-refractivity contribution is -0.124. The Balaban J connectivity index is 1.48. The number of carbonyl (C=O) groups is 5. The van der Waals surface area contributed by atoms with Crippen LogP contribution in [-0.2, 0) is 9.59 Å². The predicted molar refractivity (Wildman–Crippen MR) is 126 cm³/mol. The van der Waals surface area contributed by atoms with Crippen molar-refractivity contribution in [3.05, 3.63) is 53.2 Å². The van der Waals surface area contributed by atoms with Gasteiger partial charge in [-0.25, -0.2) is 9.78 Å². The molecule has 2 N–H and O–H groups in total. The summed E-state index contributed by atoms with van der Waals surface area (Å²) >= 11 is 0. The Morgan fingerprint density at radius 1 is 1.06 bits per heavy atom. The number of carbonyl (C=O) groups excluding carboxylic acids is 4. The topological polar surface area (TPSA) is 140 Å². The SMILES string of the molecule is CNC(=O)C(CCC=O)N1C(=O)c2ccc(N3CCN(c4ccc(C(=O)O)cn4)CC3)cc2C1=O. The van der Waals surface area contributed by atoms with Crippen LogP contribution in [0.1, 0.15) is 43.9 Å². The van der Waals surface area contributed by atoms with Crippen LogP contribution >= 0.6 is 0 Å². The van der Waals surface area contributed by atoms with E-state index in [4.69, 9.17) is 5.11 Å². The van der Waals surface area contributed by atoms with Crippen molar-refractivity contribution in [1.82, 2.24) is 15.2 Å². The van der Waals surface area contributed by atoms with E-state index in [2.05, 4.69) is 15.2 Å². The van der Waals surface area contributed by atoms with Crippen LogP contribution in [0.5, 0.6) is 0 Å². The van der Waals surface area contributed by atoms with Gasteiger partial charge in [-0.3, -0.25) is 19.3 Å². The largest absolute Gasteiger partial charge is 0.478 e. The molecule has 1 unspecified atom stereocenters. The number of amides is 3. The Labute approximate surface area is 201 Å². The Morgan fingerprint density at radius 3 is 2.34 bits per heavy atom. The van der Waals surface area contributed by atoms with Gasteiger partial charge in [0.05, 0.1) is 16.7 Å². The van der Waals surface area contributed by atoms with Gasteiger partial charge in [0.25, 0.3) is 11.8 Å². The number of likely N-dealkylation sites (N-methyl/N-ethyl adjacent to an activating group) is 1. The molecule has 0 aliphatic carbocycles. The van der Waals surface area contributed by atoms with Gasteiger partial charge in [0, 0.05) is 51.5 Å². The van der Waals surface area contributed by atoms with Crippen molar-refractivity contribution in [3.63, 3.8) is 0 Å². The van der Waals surface area contributed by atoms with Crippen molar-refractivity contribution in [2.75, 3.05) is 43.0 Å². The van der Waals surface area contributed by atoms with Crippen molar-refractivity contribution in [3.8, 4) is 0 Å². The fourth-order valence-corrected chi connectivity index (χ4v) is 4.39. The first-order chi connectivity index (χ1) is 16.8. The Hall–Kier alpha value is -4.28. The zero-order valence-corrected chi connectivity index (χ0v) is 19.1. The number of hydrogen-bond donors (Lipinski definition) is 2. The van der Waals surface area contributed by atoms with Gasteiger partial charge in [-0.05, 0) is 36.8 Å². The quantitative estimate of drug-likeness (QED) is 0.415. The van der Waals surface area contributed by atoms with E-state index < -0.39 is 29.7 Å². The van der Waals surface area contributed by atoms with E-state index in [0.29, 0.717) is 38.3 Å². The standard InChI is InChI=1S/C24H25N5O6/c1-25-21(31)19(3-2-12-30)29-22(32)17-6-5-16(13-18(17)23(29)33)27-8-10-28(11-9-27)20-7-4-15(14-26-20)24(34)35/h4-7,12-14,19H,2-3,8-11H2,1H3,(H,25,31)(H,34,35). The predicted octanol–water partition coefficient (Wildman–Crippen LogP) is 0.796. The number of hydrogen-bond acceptors (Lipinski definition) is 8. The number of carboxylic acids is 1. The summed E-state index contributed by atoms with van der Waals surface area (Å²) in [7, 11) is 1.42. The summed E-state index contributed by atoms with van der Waals surface area (Å²) in [4.78, 5) is 69.6. The summed E-state index contributed by atoms with van der Waals surface area (Å²) in [6, 6.07) is 7.21. The van der Waals surface area contributed by atoms with Crippen LogP contribution in [0.15, 0.2) is 36.5 Å². The van der Waals surface area contributed by atoms with E-state index in [9.17, 15) is 24.0 Å². The highest BCUT2D eigenvalue weighted by molar-refractivity contribution is 6.23. The number of fused-ring (bicyclic) bond motifs is 1. The van der Waals surface area contributed by atoms with Gasteiger partial charge in [-0.1, -0.05) is 0 Å². The second kappa shape index (κ2) is 9.92. The number of anilines is 2. The van der Waals surface area contributed by atoms with Crippen LogP contribution in [0.4, 0.5) is 11.5 Å². The minimum Gasteiger partial charge on any atom is -0.478 e. The highest BCUT2D eigenvalue weighted by Crippen LogP contribution is 2.30. The van der Waals surface area contributed by atoms with Crippen LogP contribution in [0, 0.1) is 0 Å². The zero-order valence-electron chi connectivity index (χ0n) is 19.1. The average molecular weight is 479 g/mol. The fourth-order valence-electron chi connectivity index (χ4n) is 4.39. The van der Waals surface area contributed by atoms with Gasteiger partial charge in [-0.15, -0.1) is 0 Å². The third kappa shape index (κ3) is 4.57. The first-order valence-electron chi connectivity index (χ1n) is 11.2. The molecule has 2 aliphatic rings. The molecule has 1 fully saturated rings. The summed E-state index contributed by atoms with van der Waals surface area (Å²) in [5, 5.41) is 11.5. The number of piperazine rings is 1. The number of aromatic nitrogens is 1. The Bertz CT molecular complexity index is 1170. The number of benzene rings is 1. The normalized spacial score (nSPS) is 16.2. The molecule has 3 amide bonds. The highest BCUT2D eigenvalue weighted by atomic mass is 16.4. The maximum Gasteiger partial charge on any atom is 0.337 e. The lowest BCUT2D eigenvalue weighted by Gasteiger charge is -2.36. The zero-order chi connectivity index (χ0) is 25.1. The summed E-state index contributed by atoms with van der Waals surface area (Å²) in [5.74, 6) is -1.93. The number of pyridine rings is 1. The lowest BCUT2D eigenvalue weighted by Crippen LogP contribution is -2.48. The molecule has 11 heteroatoms. The van der Waals surface area contributed by atoms with Gasteiger partial charge in [0.2, 0.25) is 5.91 Å². The van der Waals surface area contributed by atoms with Gasteiger partial charge < -0.3 is 25.0 Å². The van der Waals surface area contributed by atoms with E-state index in [0.717, 1.165) is 10.6 Å². The van der Waals surface area contributed by atoms with Crippen molar-refractivity contribution in [2.24, 2.45) is 0 Å². The first-order valence-corrected chi connectivity index (χ1v) is 11.2. The molecule has 0 bridgehead atoms. The average Bonchev–Trinajstić information content (AvgIpc) is 3.13. The van der Waals surface area contributed by atoms with Crippen molar-refractivity contribution >= 4 is 41.5 Å². The van der Waals surface area contributed by atoms with Crippen LogP contribution in [0.3, 0.4) is 0 Å². The van der Waals surface area contributed by atoms with Crippen molar-refractivity contribution in [1.29, 1.82) is 0 Å². The van der Waals surface area contributed by atoms with Crippen LogP contribution in [0.2, 0.25) is 0 Å². The lowest BCUT2D eigenvalue weighted by atomic mass is 10.1. The Morgan fingerprint density at radius 2 is 1.74 bits per heavy atom. The van der Waals surface area contributed by atoms with Crippen LogP contribution in [0.25, 0.3) is 0 Å². The summed E-state index contributed by atoms with van der Waals surface area (Å²) in [6.07, 6.45) is 2.10. The number of nitrogens with one attached hydrogen (secondary N) is 1.